The average Bonchev–Trinajstić information content (AvgIpc) is 3.38. The molecule has 0 fully saturated rings. The van der Waals surface area contributed by atoms with Gasteiger partial charge in [-0.1, -0.05) is 47.1 Å². The van der Waals surface area contributed by atoms with E-state index in [1.165, 1.54) is 16.1 Å². The van der Waals surface area contributed by atoms with Crippen LogP contribution in [0.2, 0.25) is 5.02 Å². The summed E-state index contributed by atoms with van der Waals surface area (Å²) in [6.45, 7) is 3.95. The van der Waals surface area contributed by atoms with Crippen molar-refractivity contribution < 1.29 is 14.1 Å². The number of hydrogen-bond acceptors (Lipinski definition) is 9. The summed E-state index contributed by atoms with van der Waals surface area (Å²) in [5.74, 6) is 0.451. The minimum absolute atomic E-state index is 0.102. The Morgan fingerprint density at radius 1 is 1.21 bits per heavy atom. The van der Waals surface area contributed by atoms with E-state index in [0.29, 0.717) is 33.2 Å². The van der Waals surface area contributed by atoms with Gasteiger partial charge in [0.25, 0.3) is 0 Å². The highest BCUT2D eigenvalue weighted by Crippen LogP contribution is 2.21. The van der Waals surface area contributed by atoms with Crippen molar-refractivity contribution >= 4 is 33.8 Å². The van der Waals surface area contributed by atoms with Crippen molar-refractivity contribution in [2.45, 2.75) is 6.61 Å². The second-order valence-corrected chi connectivity index (χ2v) is 7.91. The standard InChI is InChI=1S/C22H18ClN5O4S/c1-14(31-18-10-8-16(23)9-11-18)24-21-25-17(13-33-21)12-30-27-19(15-6-4-3-5-7-15)20-26-22(29)32-28(20)2/h3-11,13H,1,12H2,2H3,(H,24,25)/b27-19-. The summed E-state index contributed by atoms with van der Waals surface area (Å²) < 4.78 is 11.8. The molecule has 0 aliphatic rings. The molecular weight excluding hydrogens is 466 g/mol. The molecule has 0 amide bonds. The highest BCUT2D eigenvalue weighted by atomic mass is 35.5. The second kappa shape index (κ2) is 10.2. The van der Waals surface area contributed by atoms with Gasteiger partial charge < -0.3 is 19.4 Å². The Hall–Kier alpha value is -3.89. The number of nitrogens with zero attached hydrogens (tertiary/aromatic N) is 4. The monoisotopic (exact) mass is 483 g/mol. The molecule has 1 N–H and O–H groups in total. The minimum atomic E-state index is -0.715. The van der Waals surface area contributed by atoms with Gasteiger partial charge in [0.2, 0.25) is 0 Å². The third-order valence-corrected chi connectivity index (χ3v) is 5.25. The fourth-order valence-corrected chi connectivity index (χ4v) is 3.58. The smallest absolute Gasteiger partial charge is 0.442 e. The van der Waals surface area contributed by atoms with Crippen LogP contribution < -0.4 is 15.8 Å². The third-order valence-electron chi connectivity index (χ3n) is 4.19. The molecule has 0 aliphatic heterocycles. The highest BCUT2D eigenvalue weighted by molar-refractivity contribution is 7.13. The number of halogens is 1. The summed E-state index contributed by atoms with van der Waals surface area (Å²) in [7, 11) is 1.57. The Morgan fingerprint density at radius 2 is 1.97 bits per heavy atom. The lowest BCUT2D eigenvalue weighted by Crippen LogP contribution is -2.11. The van der Waals surface area contributed by atoms with Gasteiger partial charge in [-0.15, -0.1) is 11.3 Å². The first kappa shape index (κ1) is 22.3. The van der Waals surface area contributed by atoms with Crippen LogP contribution in [0.5, 0.6) is 5.75 Å². The number of nitrogens with one attached hydrogen (secondary N) is 1. The number of benzene rings is 2. The van der Waals surface area contributed by atoms with Crippen molar-refractivity contribution in [2.75, 3.05) is 5.32 Å². The van der Waals surface area contributed by atoms with Crippen molar-refractivity contribution in [3.63, 3.8) is 0 Å². The van der Waals surface area contributed by atoms with Gasteiger partial charge >= 0.3 is 5.76 Å². The summed E-state index contributed by atoms with van der Waals surface area (Å²) in [4.78, 5) is 25.3. The third kappa shape index (κ3) is 5.88. The average molecular weight is 484 g/mol. The molecule has 0 saturated heterocycles. The van der Waals surface area contributed by atoms with E-state index in [-0.39, 0.29) is 12.4 Å². The van der Waals surface area contributed by atoms with Crippen LogP contribution in [0, 0.1) is 0 Å². The largest absolute Gasteiger partial charge is 0.460 e. The number of rotatable bonds is 9. The lowest BCUT2D eigenvalue weighted by atomic mass is 10.1. The van der Waals surface area contributed by atoms with Gasteiger partial charge in [0.15, 0.2) is 29.2 Å². The summed E-state index contributed by atoms with van der Waals surface area (Å²) in [6, 6.07) is 16.2. The van der Waals surface area contributed by atoms with Crippen molar-refractivity contribution in [3.8, 4) is 5.75 Å². The Balaban J connectivity index is 1.41. The van der Waals surface area contributed by atoms with Crippen molar-refractivity contribution in [1.82, 2.24) is 14.7 Å². The molecular formula is C22H18ClN5O4S. The molecule has 2 heterocycles. The Labute approximate surface area is 197 Å². The van der Waals surface area contributed by atoms with Crippen LogP contribution in [0.1, 0.15) is 17.1 Å². The predicted molar refractivity (Wildman–Crippen MR) is 126 cm³/mol. The fourth-order valence-electron chi connectivity index (χ4n) is 2.74. The molecule has 0 bridgehead atoms. The normalized spacial score (nSPS) is 11.3. The quantitative estimate of drug-likeness (QED) is 0.213. The maximum absolute atomic E-state index is 11.5. The summed E-state index contributed by atoms with van der Waals surface area (Å²) in [6.07, 6.45) is 0. The molecule has 2 aromatic heterocycles. The topological polar surface area (TPSA) is 104 Å². The molecule has 0 spiro atoms. The van der Waals surface area contributed by atoms with Crippen molar-refractivity contribution in [2.24, 2.45) is 12.2 Å². The zero-order chi connectivity index (χ0) is 23.2. The van der Waals surface area contributed by atoms with Crippen LogP contribution >= 0.6 is 22.9 Å². The van der Waals surface area contributed by atoms with E-state index in [9.17, 15) is 4.79 Å². The van der Waals surface area contributed by atoms with Gasteiger partial charge in [0.05, 0.1) is 5.69 Å². The Morgan fingerprint density at radius 3 is 2.67 bits per heavy atom. The van der Waals surface area contributed by atoms with Crippen molar-refractivity contribution in [1.29, 1.82) is 0 Å². The Bertz CT molecular complexity index is 1330. The lowest BCUT2D eigenvalue weighted by molar-refractivity contribution is 0.128. The molecule has 11 heteroatoms. The molecule has 33 heavy (non-hydrogen) atoms. The van der Waals surface area contributed by atoms with Crippen LogP contribution in [0.15, 0.2) is 86.9 Å². The number of hydrogen-bond donors (Lipinski definition) is 1. The number of ether oxygens (including phenoxy) is 1. The van der Waals surface area contributed by atoms with Crippen molar-refractivity contribution in [3.05, 3.63) is 105 Å². The van der Waals surface area contributed by atoms with Gasteiger partial charge in [-0.3, -0.25) is 0 Å². The summed E-state index contributed by atoms with van der Waals surface area (Å²) in [5, 5.41) is 10.2. The minimum Gasteiger partial charge on any atom is -0.442 e. The molecule has 4 rings (SSSR count). The molecule has 4 aromatic rings. The fraction of sp³-hybridized carbons (Fsp3) is 0.0909. The van der Waals surface area contributed by atoms with Crippen LogP contribution in [0.25, 0.3) is 0 Å². The Kier molecular flexibility index (Phi) is 6.86. The summed E-state index contributed by atoms with van der Waals surface area (Å²) >= 11 is 7.24. The molecule has 0 aliphatic carbocycles. The number of aromatic nitrogens is 3. The van der Waals surface area contributed by atoms with E-state index in [1.807, 2.05) is 35.7 Å². The maximum Gasteiger partial charge on any atom is 0.460 e. The van der Waals surface area contributed by atoms with E-state index in [2.05, 4.69) is 27.0 Å². The van der Waals surface area contributed by atoms with Gasteiger partial charge in [0, 0.05) is 23.0 Å². The van der Waals surface area contributed by atoms with E-state index in [0.717, 1.165) is 5.56 Å². The second-order valence-electron chi connectivity index (χ2n) is 6.62. The summed E-state index contributed by atoms with van der Waals surface area (Å²) in [5.41, 5.74) is 1.73. The molecule has 2 aromatic carbocycles. The zero-order valence-electron chi connectivity index (χ0n) is 17.4. The van der Waals surface area contributed by atoms with Crippen LogP contribution in [-0.4, -0.2) is 20.4 Å². The molecule has 168 valence electrons. The van der Waals surface area contributed by atoms with E-state index < -0.39 is 5.76 Å². The number of thiazole rings is 1. The van der Waals surface area contributed by atoms with E-state index >= 15 is 0 Å². The van der Waals surface area contributed by atoms with Crippen LogP contribution in [-0.2, 0) is 18.5 Å². The van der Waals surface area contributed by atoms with Gasteiger partial charge in [-0.05, 0) is 30.8 Å². The van der Waals surface area contributed by atoms with Gasteiger partial charge in [0.1, 0.15) is 5.75 Å². The number of aryl methyl sites for hydroxylation is 1. The predicted octanol–water partition coefficient (Wildman–Crippen LogP) is 4.41. The highest BCUT2D eigenvalue weighted by Gasteiger charge is 2.16. The molecule has 9 nitrogen and oxygen atoms in total. The first-order chi connectivity index (χ1) is 16.0. The van der Waals surface area contributed by atoms with Crippen LogP contribution in [0.4, 0.5) is 5.13 Å². The van der Waals surface area contributed by atoms with E-state index in [1.54, 1.807) is 31.3 Å². The number of anilines is 1. The molecule has 0 radical (unpaired) electrons. The SMILES string of the molecule is C=C(Nc1nc(CO/N=C(/c2ccccc2)c2nc(=O)on2C)cs1)Oc1ccc(Cl)cc1. The zero-order valence-corrected chi connectivity index (χ0v) is 19.0. The van der Waals surface area contributed by atoms with E-state index in [4.69, 9.17) is 25.7 Å². The van der Waals surface area contributed by atoms with Gasteiger partial charge in [-0.25, -0.2) is 9.78 Å². The molecule has 0 atom stereocenters. The van der Waals surface area contributed by atoms with Gasteiger partial charge in [-0.2, -0.15) is 9.72 Å². The molecule has 0 saturated carbocycles. The first-order valence-electron chi connectivity index (χ1n) is 9.62. The lowest BCUT2D eigenvalue weighted by Gasteiger charge is -2.08. The maximum atomic E-state index is 11.5. The first-order valence-corrected chi connectivity index (χ1v) is 10.9. The molecule has 0 unspecified atom stereocenters. The van der Waals surface area contributed by atoms with Crippen LogP contribution in [0.3, 0.4) is 0 Å². The number of oxime groups is 1.